The minimum absolute atomic E-state index is 0.0531. The van der Waals surface area contributed by atoms with Crippen LogP contribution >= 0.6 is 15.9 Å². The Morgan fingerprint density at radius 2 is 1.83 bits per heavy atom. The van der Waals surface area contributed by atoms with E-state index in [4.69, 9.17) is 0 Å². The average Bonchev–Trinajstić information content (AvgIpc) is 2.73. The second-order valence-corrected chi connectivity index (χ2v) is 6.40. The van der Waals surface area contributed by atoms with Gasteiger partial charge in [-0.3, -0.25) is 9.36 Å². The van der Waals surface area contributed by atoms with Gasteiger partial charge >= 0.3 is 5.69 Å². The smallest absolute Gasteiger partial charge is 0.310 e. The van der Waals surface area contributed by atoms with Crippen LogP contribution in [0.3, 0.4) is 0 Å². The van der Waals surface area contributed by atoms with Crippen LogP contribution in [0, 0.1) is 0 Å². The molecule has 1 saturated carbocycles. The molecule has 0 spiro atoms. The first-order chi connectivity index (χ1) is 8.68. The van der Waals surface area contributed by atoms with Crippen molar-refractivity contribution in [1.29, 1.82) is 0 Å². The van der Waals surface area contributed by atoms with Crippen LogP contribution in [0.1, 0.15) is 60.7 Å². The van der Waals surface area contributed by atoms with Gasteiger partial charge in [0.05, 0.1) is 4.83 Å². The summed E-state index contributed by atoms with van der Waals surface area (Å²) in [5.41, 5.74) is 1.33. The normalized spacial score (nSPS) is 24.2. The van der Waals surface area contributed by atoms with Gasteiger partial charge in [-0.1, -0.05) is 35.2 Å². The Kier molecular flexibility index (Phi) is 3.18. The first kappa shape index (κ1) is 12.2. The summed E-state index contributed by atoms with van der Waals surface area (Å²) in [4.78, 5) is 27.6. The van der Waals surface area contributed by atoms with Gasteiger partial charge in [0.15, 0.2) is 0 Å². The number of rotatable bonds is 1. The Bertz CT molecular complexity index is 569. The highest BCUT2D eigenvalue weighted by Crippen LogP contribution is 2.34. The Hall–Kier alpha value is -0.840. The van der Waals surface area contributed by atoms with Crippen molar-refractivity contribution in [3.8, 4) is 0 Å². The average molecular weight is 313 g/mol. The van der Waals surface area contributed by atoms with Crippen molar-refractivity contribution in [2.75, 3.05) is 0 Å². The lowest BCUT2D eigenvalue weighted by Gasteiger charge is -2.23. The molecule has 2 aliphatic rings. The van der Waals surface area contributed by atoms with E-state index in [1.54, 1.807) is 0 Å². The lowest BCUT2D eigenvalue weighted by atomic mass is 9.95. The summed E-state index contributed by atoms with van der Waals surface area (Å²) < 4.78 is 1.48. The monoisotopic (exact) mass is 312 g/mol. The number of nitrogens with zero attached hydrogens (tertiary/aromatic N) is 1. The molecule has 1 N–H and O–H groups in total. The van der Waals surface area contributed by atoms with E-state index in [1.807, 2.05) is 0 Å². The van der Waals surface area contributed by atoms with Crippen molar-refractivity contribution in [3.63, 3.8) is 0 Å². The highest BCUT2D eigenvalue weighted by atomic mass is 79.9. The zero-order valence-electron chi connectivity index (χ0n) is 10.2. The van der Waals surface area contributed by atoms with Crippen LogP contribution in [0.2, 0.25) is 0 Å². The molecule has 0 amide bonds. The molecule has 18 heavy (non-hydrogen) atoms. The Balaban J connectivity index is 2.11. The van der Waals surface area contributed by atoms with Crippen molar-refractivity contribution >= 4 is 15.9 Å². The molecular formula is C13H17BrN2O2. The summed E-state index contributed by atoms with van der Waals surface area (Å²) in [7, 11) is 0. The summed E-state index contributed by atoms with van der Waals surface area (Å²) in [6, 6.07) is 0.106. The SMILES string of the molecule is O=c1[nH]c2c(c(=O)n1C1CCCCC1)CC[C@@H]2Br. The number of aromatic nitrogens is 2. The number of nitrogens with one attached hydrogen (secondary N) is 1. The molecule has 1 fully saturated rings. The third-order valence-corrected chi connectivity index (χ3v) is 5.08. The molecule has 5 heteroatoms. The van der Waals surface area contributed by atoms with Gasteiger partial charge in [-0.15, -0.1) is 0 Å². The molecule has 0 bridgehead atoms. The summed E-state index contributed by atoms with van der Waals surface area (Å²) in [5, 5.41) is 0. The van der Waals surface area contributed by atoms with Crippen molar-refractivity contribution in [3.05, 3.63) is 32.1 Å². The Morgan fingerprint density at radius 3 is 2.56 bits per heavy atom. The van der Waals surface area contributed by atoms with Gasteiger partial charge in [-0.25, -0.2) is 4.79 Å². The van der Waals surface area contributed by atoms with Crippen LogP contribution in [0.15, 0.2) is 9.59 Å². The summed E-state index contributed by atoms with van der Waals surface area (Å²) >= 11 is 3.51. The largest absolute Gasteiger partial charge is 0.328 e. The lowest BCUT2D eigenvalue weighted by Crippen LogP contribution is -2.40. The van der Waals surface area contributed by atoms with E-state index in [2.05, 4.69) is 20.9 Å². The molecular weight excluding hydrogens is 296 g/mol. The number of aromatic amines is 1. The third kappa shape index (κ3) is 1.88. The topological polar surface area (TPSA) is 54.9 Å². The van der Waals surface area contributed by atoms with Gasteiger partial charge in [0, 0.05) is 17.3 Å². The van der Waals surface area contributed by atoms with Gasteiger partial charge in [0.2, 0.25) is 0 Å². The highest BCUT2D eigenvalue weighted by molar-refractivity contribution is 9.09. The van der Waals surface area contributed by atoms with E-state index in [1.165, 1.54) is 11.0 Å². The van der Waals surface area contributed by atoms with E-state index in [9.17, 15) is 9.59 Å². The molecule has 3 rings (SSSR count). The van der Waals surface area contributed by atoms with Crippen molar-refractivity contribution in [1.82, 2.24) is 9.55 Å². The molecule has 2 aliphatic carbocycles. The fourth-order valence-corrected chi connectivity index (χ4v) is 3.82. The minimum Gasteiger partial charge on any atom is -0.310 e. The Morgan fingerprint density at radius 1 is 1.11 bits per heavy atom. The maximum absolute atomic E-state index is 12.4. The predicted molar refractivity (Wildman–Crippen MR) is 73.4 cm³/mol. The van der Waals surface area contributed by atoms with Crippen molar-refractivity contribution in [2.45, 2.75) is 55.8 Å². The number of H-pyrrole nitrogens is 1. The van der Waals surface area contributed by atoms with Crippen molar-refractivity contribution in [2.24, 2.45) is 0 Å². The van der Waals surface area contributed by atoms with E-state index >= 15 is 0 Å². The first-order valence-corrected chi connectivity index (χ1v) is 7.61. The maximum Gasteiger partial charge on any atom is 0.328 e. The maximum atomic E-state index is 12.4. The second kappa shape index (κ2) is 4.68. The van der Waals surface area contributed by atoms with E-state index in [0.717, 1.165) is 49.8 Å². The van der Waals surface area contributed by atoms with Gasteiger partial charge in [-0.2, -0.15) is 0 Å². The fourth-order valence-electron chi connectivity index (χ4n) is 3.20. The molecule has 0 unspecified atom stereocenters. The molecule has 98 valence electrons. The van der Waals surface area contributed by atoms with Crippen LogP contribution in [-0.4, -0.2) is 9.55 Å². The minimum atomic E-state index is -0.225. The summed E-state index contributed by atoms with van der Waals surface area (Å²) in [5.74, 6) is 0. The quantitative estimate of drug-likeness (QED) is 0.810. The zero-order valence-corrected chi connectivity index (χ0v) is 11.8. The van der Waals surface area contributed by atoms with E-state index in [-0.39, 0.29) is 22.1 Å². The molecule has 1 aromatic rings. The summed E-state index contributed by atoms with van der Waals surface area (Å²) in [6.45, 7) is 0. The standard InChI is InChI=1S/C13H17BrN2O2/c14-10-7-6-9-11(10)15-13(18)16(12(9)17)8-4-2-1-3-5-8/h8,10H,1-7H2,(H,15,18)/t10-/m0/s1. The van der Waals surface area contributed by atoms with Gasteiger partial charge in [0.1, 0.15) is 0 Å². The lowest BCUT2D eigenvalue weighted by molar-refractivity contribution is 0.335. The van der Waals surface area contributed by atoms with Crippen LogP contribution in [-0.2, 0) is 6.42 Å². The Labute approximate surface area is 114 Å². The zero-order chi connectivity index (χ0) is 12.7. The first-order valence-electron chi connectivity index (χ1n) is 6.70. The molecule has 1 aromatic heterocycles. The van der Waals surface area contributed by atoms with Crippen LogP contribution in [0.25, 0.3) is 0 Å². The number of halogens is 1. The van der Waals surface area contributed by atoms with Crippen molar-refractivity contribution < 1.29 is 0 Å². The molecule has 0 aliphatic heterocycles. The third-order valence-electron chi connectivity index (χ3n) is 4.16. The predicted octanol–water partition coefficient (Wildman–Crippen LogP) is 2.42. The molecule has 1 heterocycles. The number of hydrogen-bond acceptors (Lipinski definition) is 2. The van der Waals surface area contributed by atoms with E-state index in [0.29, 0.717) is 0 Å². The second-order valence-electron chi connectivity index (χ2n) is 5.30. The molecule has 1 atom stereocenters. The fraction of sp³-hybridized carbons (Fsp3) is 0.692. The van der Waals surface area contributed by atoms with Crippen LogP contribution in [0.4, 0.5) is 0 Å². The molecule has 0 aromatic carbocycles. The number of fused-ring (bicyclic) bond motifs is 1. The molecule has 4 nitrogen and oxygen atoms in total. The number of hydrogen-bond donors (Lipinski definition) is 1. The van der Waals surface area contributed by atoms with Gasteiger partial charge < -0.3 is 4.98 Å². The number of alkyl halides is 1. The van der Waals surface area contributed by atoms with Gasteiger partial charge in [-0.05, 0) is 25.7 Å². The molecule has 0 radical (unpaired) electrons. The molecule has 0 saturated heterocycles. The highest BCUT2D eigenvalue weighted by Gasteiger charge is 2.28. The van der Waals surface area contributed by atoms with Crippen LogP contribution < -0.4 is 11.2 Å². The van der Waals surface area contributed by atoms with Crippen LogP contribution in [0.5, 0.6) is 0 Å². The summed E-state index contributed by atoms with van der Waals surface area (Å²) in [6.07, 6.45) is 7.04. The van der Waals surface area contributed by atoms with E-state index < -0.39 is 0 Å². The van der Waals surface area contributed by atoms with Gasteiger partial charge in [0.25, 0.3) is 5.56 Å².